The molecule has 0 aromatic carbocycles. The van der Waals surface area contributed by atoms with Crippen LogP contribution in [0.1, 0.15) is 26.2 Å². The van der Waals surface area contributed by atoms with Crippen molar-refractivity contribution in [1.82, 2.24) is 0 Å². The molecule has 0 aliphatic rings. The van der Waals surface area contributed by atoms with E-state index in [1.165, 1.54) is 0 Å². The molecule has 0 fully saturated rings. The summed E-state index contributed by atoms with van der Waals surface area (Å²) in [5.74, 6) is 0. The number of rotatable bonds is 5. The first-order valence-corrected chi connectivity index (χ1v) is 4.14. The van der Waals surface area contributed by atoms with Crippen molar-refractivity contribution in [3.63, 3.8) is 0 Å². The minimum Gasteiger partial charge on any atom is -0.566 e. The van der Waals surface area contributed by atoms with Gasteiger partial charge >= 0.3 is 59.6 Å². The molecule has 5 heteroatoms. The molecule has 0 heterocycles. The van der Waals surface area contributed by atoms with Crippen LogP contribution in [0.25, 0.3) is 0 Å². The molecule has 0 radical (unpaired) electrons. The number of hydrogen-bond acceptors (Lipinski definition) is 3. The molecule has 0 aliphatic heterocycles. The molecule has 1 unspecified atom stereocenters. The van der Waals surface area contributed by atoms with E-state index in [4.69, 9.17) is 0 Å². The first-order chi connectivity index (χ1) is 4.27. The SMILES string of the molecule is CCCCCO[P+](=O)[O-].[K+]. The Hall–Kier alpha value is 1.66. The van der Waals surface area contributed by atoms with Crippen LogP contribution in [0.4, 0.5) is 0 Å². The fourth-order valence-corrected chi connectivity index (χ4v) is 0.769. The second kappa shape index (κ2) is 10.7. The molecule has 0 rings (SSSR count). The van der Waals surface area contributed by atoms with E-state index in [-0.39, 0.29) is 51.4 Å². The summed E-state index contributed by atoms with van der Waals surface area (Å²) in [4.78, 5) is 9.78. The van der Waals surface area contributed by atoms with Crippen LogP contribution in [-0.2, 0) is 9.09 Å². The van der Waals surface area contributed by atoms with Gasteiger partial charge in [-0.25, -0.2) is 0 Å². The molecule has 0 aromatic rings. The molecule has 3 nitrogen and oxygen atoms in total. The fraction of sp³-hybridized carbons (Fsp3) is 1.00. The Morgan fingerprint density at radius 1 is 1.50 bits per heavy atom. The van der Waals surface area contributed by atoms with Crippen LogP contribution in [0.2, 0.25) is 0 Å². The zero-order valence-electron chi connectivity index (χ0n) is 6.50. The Morgan fingerprint density at radius 3 is 2.50 bits per heavy atom. The molecule has 10 heavy (non-hydrogen) atoms. The monoisotopic (exact) mass is 189 g/mol. The first-order valence-electron chi connectivity index (χ1n) is 3.04. The molecule has 0 N–H and O–H groups in total. The van der Waals surface area contributed by atoms with E-state index in [2.05, 4.69) is 11.4 Å². The van der Waals surface area contributed by atoms with Crippen molar-refractivity contribution in [2.45, 2.75) is 26.2 Å². The second-order valence-corrected chi connectivity index (χ2v) is 2.47. The third kappa shape index (κ3) is 12.3. The van der Waals surface area contributed by atoms with E-state index in [1.54, 1.807) is 0 Å². The van der Waals surface area contributed by atoms with Gasteiger partial charge in [-0.05, 0) is 11.0 Å². The van der Waals surface area contributed by atoms with Crippen LogP contribution in [0.3, 0.4) is 0 Å². The smallest absolute Gasteiger partial charge is 0.566 e. The molecular weight excluding hydrogens is 178 g/mol. The van der Waals surface area contributed by atoms with Gasteiger partial charge in [-0.3, -0.25) is 0 Å². The van der Waals surface area contributed by atoms with Gasteiger partial charge in [0, 0.05) is 0 Å². The summed E-state index contributed by atoms with van der Waals surface area (Å²) in [7, 11) is -2.62. The van der Waals surface area contributed by atoms with Crippen molar-refractivity contribution in [2.75, 3.05) is 6.61 Å². The van der Waals surface area contributed by atoms with Crippen LogP contribution in [0.15, 0.2) is 0 Å². The van der Waals surface area contributed by atoms with Crippen molar-refractivity contribution in [2.24, 2.45) is 0 Å². The van der Waals surface area contributed by atoms with Gasteiger partial charge in [0.25, 0.3) is 0 Å². The predicted molar refractivity (Wildman–Crippen MR) is 33.1 cm³/mol. The quantitative estimate of drug-likeness (QED) is 0.292. The van der Waals surface area contributed by atoms with E-state index in [9.17, 15) is 9.46 Å². The van der Waals surface area contributed by atoms with Gasteiger partial charge in [-0.1, -0.05) is 19.8 Å². The van der Waals surface area contributed by atoms with Crippen LogP contribution in [0, 0.1) is 0 Å². The van der Waals surface area contributed by atoms with E-state index in [1.807, 2.05) is 0 Å². The van der Waals surface area contributed by atoms with Gasteiger partial charge in [0.05, 0.1) is 0 Å². The van der Waals surface area contributed by atoms with Crippen LogP contribution < -0.4 is 56.3 Å². The summed E-state index contributed by atoms with van der Waals surface area (Å²) in [5.41, 5.74) is 0. The van der Waals surface area contributed by atoms with Gasteiger partial charge in [-0.15, -0.1) is 4.52 Å². The van der Waals surface area contributed by atoms with Crippen molar-refractivity contribution < 1.29 is 65.4 Å². The minimum absolute atomic E-state index is 0. The molecule has 0 spiro atoms. The van der Waals surface area contributed by atoms with Crippen LogP contribution in [-0.4, -0.2) is 6.61 Å². The number of hydrogen-bond donors (Lipinski definition) is 0. The third-order valence-electron chi connectivity index (χ3n) is 0.945. The largest absolute Gasteiger partial charge is 1.00 e. The van der Waals surface area contributed by atoms with Gasteiger partial charge in [0.1, 0.15) is 6.61 Å². The summed E-state index contributed by atoms with van der Waals surface area (Å²) in [6.45, 7) is 2.39. The summed E-state index contributed by atoms with van der Waals surface area (Å²) in [5, 5.41) is 0. The third-order valence-corrected chi connectivity index (χ3v) is 1.34. The van der Waals surface area contributed by atoms with Gasteiger partial charge in [0.2, 0.25) is 0 Å². The number of unbranched alkanes of at least 4 members (excludes halogenated alkanes) is 2. The van der Waals surface area contributed by atoms with E-state index in [0.29, 0.717) is 6.61 Å². The topological polar surface area (TPSA) is 49.4 Å². The molecule has 0 saturated heterocycles. The molecule has 0 saturated carbocycles. The van der Waals surface area contributed by atoms with E-state index >= 15 is 0 Å². The van der Waals surface area contributed by atoms with Crippen LogP contribution >= 0.6 is 8.25 Å². The summed E-state index contributed by atoms with van der Waals surface area (Å²) in [6, 6.07) is 0. The average Bonchev–Trinajstić information content (AvgIpc) is 1.80. The van der Waals surface area contributed by atoms with E-state index < -0.39 is 8.25 Å². The van der Waals surface area contributed by atoms with Gasteiger partial charge in [-0.2, -0.15) is 0 Å². The normalized spacial score (nSPS) is 10.4. The van der Waals surface area contributed by atoms with Crippen molar-refractivity contribution in [3.05, 3.63) is 0 Å². The fourth-order valence-electron chi connectivity index (χ4n) is 0.491. The maximum atomic E-state index is 9.78. The molecule has 0 aromatic heterocycles. The summed E-state index contributed by atoms with van der Waals surface area (Å²) < 4.78 is 14.1. The standard InChI is InChI=1S/C5H11O3P.K/c1-2-3-4-5-8-9(6)7;/h2-5H2,1H3;/q;+1. The second-order valence-electron chi connectivity index (χ2n) is 1.76. The minimum atomic E-state index is -2.62. The Bertz CT molecular complexity index is 89.0. The van der Waals surface area contributed by atoms with Crippen molar-refractivity contribution in [1.29, 1.82) is 0 Å². The van der Waals surface area contributed by atoms with E-state index in [0.717, 1.165) is 19.3 Å². The molecule has 0 aliphatic carbocycles. The summed E-state index contributed by atoms with van der Waals surface area (Å²) in [6.07, 6.45) is 2.95. The van der Waals surface area contributed by atoms with Crippen molar-refractivity contribution in [3.8, 4) is 0 Å². The van der Waals surface area contributed by atoms with Crippen molar-refractivity contribution >= 4 is 8.25 Å². The van der Waals surface area contributed by atoms with Gasteiger partial charge < -0.3 is 4.89 Å². The Kier molecular flexibility index (Phi) is 15.1. The van der Waals surface area contributed by atoms with Crippen LogP contribution in [0.5, 0.6) is 0 Å². The molecule has 0 bridgehead atoms. The zero-order chi connectivity index (χ0) is 7.11. The molecule has 54 valence electrons. The molecule has 0 amide bonds. The maximum Gasteiger partial charge on any atom is 1.00 e. The zero-order valence-corrected chi connectivity index (χ0v) is 10.5. The predicted octanol–water partition coefficient (Wildman–Crippen LogP) is -1.79. The Balaban J connectivity index is 0. The molecule has 1 atom stereocenters. The molecular formula is C5H11KO3P+. The first kappa shape index (κ1) is 14.2. The average molecular weight is 189 g/mol. The van der Waals surface area contributed by atoms with Gasteiger partial charge in [0.15, 0.2) is 0 Å². The Labute approximate surface area is 105 Å². The Morgan fingerprint density at radius 2 is 2.10 bits per heavy atom. The maximum absolute atomic E-state index is 9.78. The summed E-state index contributed by atoms with van der Waals surface area (Å²) >= 11 is 0.